The van der Waals surface area contributed by atoms with Crippen molar-refractivity contribution in [2.24, 2.45) is 0 Å². The zero-order valence-electron chi connectivity index (χ0n) is 12.0. The minimum Gasteiger partial charge on any atom is -0.463 e. The second kappa shape index (κ2) is 5.93. The Morgan fingerprint density at radius 1 is 1.18 bits per heavy atom. The number of hydrogen-bond donors (Lipinski definition) is 0. The molecule has 1 aliphatic carbocycles. The topological polar surface area (TPSA) is 84.0 Å². The van der Waals surface area contributed by atoms with Crippen LogP contribution in [-0.4, -0.2) is 18.7 Å². The molecule has 0 aliphatic heterocycles. The van der Waals surface area contributed by atoms with Gasteiger partial charge in [-0.3, -0.25) is 0 Å². The normalized spacial score (nSPS) is 16.3. The van der Waals surface area contributed by atoms with Gasteiger partial charge >= 0.3 is 0 Å². The molecular weight excluding hydrogens is 300 g/mol. The number of pyridine rings is 1. The molecule has 0 amide bonds. The summed E-state index contributed by atoms with van der Waals surface area (Å²) < 4.78 is 30.7. The van der Waals surface area contributed by atoms with E-state index in [9.17, 15) is 13.7 Å². The van der Waals surface area contributed by atoms with Crippen molar-refractivity contribution in [1.29, 1.82) is 5.26 Å². The molecule has 0 saturated heterocycles. The monoisotopic (exact) mass is 316 g/mol. The molecule has 1 aliphatic rings. The summed E-state index contributed by atoms with van der Waals surface area (Å²) in [6.07, 6.45) is 5.75. The number of sulfone groups is 1. The van der Waals surface area contributed by atoms with Gasteiger partial charge in [-0.2, -0.15) is 5.26 Å². The molecule has 0 unspecified atom stereocenters. The van der Waals surface area contributed by atoms with Crippen molar-refractivity contribution >= 4 is 9.84 Å². The van der Waals surface area contributed by atoms with Crippen molar-refractivity contribution in [2.75, 3.05) is 0 Å². The van der Waals surface area contributed by atoms with Crippen molar-refractivity contribution in [2.45, 2.75) is 42.2 Å². The summed E-state index contributed by atoms with van der Waals surface area (Å²) in [7, 11) is -3.51. The summed E-state index contributed by atoms with van der Waals surface area (Å²) in [4.78, 5) is 4.20. The van der Waals surface area contributed by atoms with E-state index in [4.69, 9.17) is 4.42 Å². The molecule has 0 aromatic carbocycles. The maximum Gasteiger partial charge on any atom is 0.184 e. The molecule has 6 heteroatoms. The molecule has 3 rings (SSSR count). The van der Waals surface area contributed by atoms with E-state index in [0.717, 1.165) is 19.3 Å². The highest BCUT2D eigenvalue weighted by Gasteiger charge is 2.31. The van der Waals surface area contributed by atoms with E-state index < -0.39 is 15.1 Å². The molecule has 0 spiro atoms. The van der Waals surface area contributed by atoms with Gasteiger partial charge < -0.3 is 4.42 Å². The van der Waals surface area contributed by atoms with Gasteiger partial charge in [0.15, 0.2) is 21.3 Å². The molecule has 0 radical (unpaired) electrons. The highest BCUT2D eigenvalue weighted by atomic mass is 32.2. The summed E-state index contributed by atoms with van der Waals surface area (Å²) in [5.74, 6) is 0.512. The summed E-state index contributed by atoms with van der Waals surface area (Å²) >= 11 is 0. The van der Waals surface area contributed by atoms with E-state index in [1.54, 1.807) is 18.2 Å². The maximum atomic E-state index is 12.8. The van der Waals surface area contributed by atoms with Crippen molar-refractivity contribution in [1.82, 2.24) is 4.98 Å². The first-order valence-electron chi connectivity index (χ1n) is 7.32. The number of hydrogen-bond acceptors (Lipinski definition) is 5. The van der Waals surface area contributed by atoms with E-state index in [-0.39, 0.29) is 10.6 Å². The number of aromatic nitrogens is 1. The van der Waals surface area contributed by atoms with Crippen molar-refractivity contribution in [3.05, 3.63) is 36.2 Å². The van der Waals surface area contributed by atoms with Gasteiger partial charge in [0.25, 0.3) is 0 Å². The molecule has 1 fully saturated rings. The molecule has 0 atom stereocenters. The average molecular weight is 316 g/mol. The lowest BCUT2D eigenvalue weighted by Gasteiger charge is -2.22. The largest absolute Gasteiger partial charge is 0.463 e. The first kappa shape index (κ1) is 14.8. The van der Waals surface area contributed by atoms with Gasteiger partial charge in [-0.25, -0.2) is 13.4 Å². The summed E-state index contributed by atoms with van der Waals surface area (Å²) in [6.45, 7) is 0. The molecular formula is C16H16N2O3S. The molecule has 5 nitrogen and oxygen atoms in total. The minimum absolute atomic E-state index is 0.0391. The van der Waals surface area contributed by atoms with Crippen molar-refractivity contribution < 1.29 is 12.8 Å². The number of nitriles is 1. The number of nitrogens with zero attached hydrogens (tertiary/aromatic N) is 2. The summed E-state index contributed by atoms with van der Waals surface area (Å²) in [5, 5.41) is 8.90. The van der Waals surface area contributed by atoms with Crippen LogP contribution in [0.1, 0.15) is 37.8 Å². The van der Waals surface area contributed by atoms with Crippen LogP contribution in [0.5, 0.6) is 0 Å². The van der Waals surface area contributed by atoms with Crippen LogP contribution >= 0.6 is 0 Å². The average Bonchev–Trinajstić information content (AvgIpc) is 3.09. The smallest absolute Gasteiger partial charge is 0.184 e. The van der Waals surface area contributed by atoms with Crippen LogP contribution in [0.2, 0.25) is 0 Å². The van der Waals surface area contributed by atoms with Gasteiger partial charge in [0.1, 0.15) is 16.7 Å². The maximum absolute atomic E-state index is 12.8. The van der Waals surface area contributed by atoms with Crippen LogP contribution in [0.25, 0.3) is 11.5 Å². The minimum atomic E-state index is -3.51. The van der Waals surface area contributed by atoms with E-state index in [1.807, 2.05) is 6.07 Å². The fraction of sp³-hybridized carbons (Fsp3) is 0.375. The lowest BCUT2D eigenvalue weighted by atomic mass is 10.0. The third-order valence-corrected chi connectivity index (χ3v) is 6.33. The van der Waals surface area contributed by atoms with Crippen LogP contribution in [0.15, 0.2) is 39.8 Å². The van der Waals surface area contributed by atoms with E-state index >= 15 is 0 Å². The van der Waals surface area contributed by atoms with Crippen LogP contribution in [0, 0.1) is 11.3 Å². The Balaban J connectivity index is 2.02. The predicted octanol–water partition coefficient (Wildman–Crippen LogP) is 3.32. The van der Waals surface area contributed by atoms with Crippen molar-refractivity contribution in [3.63, 3.8) is 0 Å². The molecule has 2 aromatic rings. The molecule has 0 bridgehead atoms. The Morgan fingerprint density at radius 3 is 2.59 bits per heavy atom. The van der Waals surface area contributed by atoms with Crippen LogP contribution in [-0.2, 0) is 9.84 Å². The highest BCUT2D eigenvalue weighted by molar-refractivity contribution is 7.92. The van der Waals surface area contributed by atoms with Gasteiger partial charge in [0, 0.05) is 0 Å². The van der Waals surface area contributed by atoms with Crippen LogP contribution in [0.4, 0.5) is 0 Å². The summed E-state index contributed by atoms with van der Waals surface area (Å²) in [5.41, 5.74) is 0.406. The Bertz CT molecular complexity index is 798. The highest BCUT2D eigenvalue weighted by Crippen LogP contribution is 2.30. The van der Waals surface area contributed by atoms with Gasteiger partial charge in [-0.05, 0) is 37.1 Å². The van der Waals surface area contributed by atoms with Crippen LogP contribution in [0.3, 0.4) is 0 Å². The third kappa shape index (κ3) is 2.64. The standard InChI is InChI=1S/C16H16N2O3S/c17-11-14-16(22(19,20)12-5-2-1-3-6-12)9-8-13(18-14)15-7-4-10-21-15/h4,7-10,12H,1-3,5-6H2. The molecule has 1 saturated carbocycles. The summed E-state index contributed by atoms with van der Waals surface area (Å²) in [6, 6.07) is 8.42. The van der Waals surface area contributed by atoms with Crippen LogP contribution < -0.4 is 0 Å². The number of rotatable bonds is 3. The fourth-order valence-electron chi connectivity index (χ4n) is 2.87. The second-order valence-corrected chi connectivity index (χ2v) is 7.63. The first-order chi connectivity index (χ1) is 10.6. The number of furan rings is 1. The molecule has 0 N–H and O–H groups in total. The Morgan fingerprint density at radius 2 is 1.95 bits per heavy atom. The van der Waals surface area contributed by atoms with E-state index in [1.165, 1.54) is 12.3 Å². The van der Waals surface area contributed by atoms with Gasteiger partial charge in [-0.1, -0.05) is 19.3 Å². The van der Waals surface area contributed by atoms with Gasteiger partial charge in [0.05, 0.1) is 11.5 Å². The predicted molar refractivity (Wildman–Crippen MR) is 80.7 cm³/mol. The molecule has 2 aromatic heterocycles. The quantitative estimate of drug-likeness (QED) is 0.867. The first-order valence-corrected chi connectivity index (χ1v) is 8.86. The van der Waals surface area contributed by atoms with Gasteiger partial charge in [-0.15, -0.1) is 0 Å². The van der Waals surface area contributed by atoms with E-state index in [2.05, 4.69) is 4.98 Å². The van der Waals surface area contributed by atoms with Gasteiger partial charge in [0.2, 0.25) is 0 Å². The SMILES string of the molecule is N#Cc1nc(-c2ccco2)ccc1S(=O)(=O)C1CCCCC1. The lowest BCUT2D eigenvalue weighted by molar-refractivity contribution is 0.483. The second-order valence-electron chi connectivity index (χ2n) is 5.44. The van der Waals surface area contributed by atoms with E-state index in [0.29, 0.717) is 24.3 Å². The zero-order chi connectivity index (χ0) is 15.6. The molecule has 114 valence electrons. The Kier molecular flexibility index (Phi) is 3.99. The van der Waals surface area contributed by atoms with Crippen molar-refractivity contribution in [3.8, 4) is 17.5 Å². The molecule has 2 heterocycles. The zero-order valence-corrected chi connectivity index (χ0v) is 12.8. The molecule has 22 heavy (non-hydrogen) atoms. The Labute approximate surface area is 129 Å². The third-order valence-electron chi connectivity index (χ3n) is 4.04. The Hall–Kier alpha value is -2.13. The fourth-order valence-corrected chi connectivity index (χ4v) is 4.80. The lowest BCUT2D eigenvalue weighted by Crippen LogP contribution is -2.25.